The van der Waals surface area contributed by atoms with E-state index in [2.05, 4.69) is 203 Å². The maximum Gasteiger partial charge on any atom is 0.235 e. The van der Waals surface area contributed by atoms with Gasteiger partial charge in [-0.1, -0.05) is 146 Å². The summed E-state index contributed by atoms with van der Waals surface area (Å²) in [5, 5.41) is 4.82. The lowest BCUT2D eigenvalue weighted by molar-refractivity contribution is 0.992. The van der Waals surface area contributed by atoms with Crippen LogP contribution in [0, 0.1) is 0 Å². The van der Waals surface area contributed by atoms with Gasteiger partial charge in [-0.25, -0.2) is 9.97 Å². The zero-order valence-corrected chi connectivity index (χ0v) is 30.4. The largest absolute Gasteiger partial charge is 0.309 e. The molecule has 0 saturated carbocycles. The summed E-state index contributed by atoms with van der Waals surface area (Å²) in [6.07, 6.45) is 1.87. The minimum atomic E-state index is 0.648. The molecule has 11 rings (SSSR count). The Labute approximate surface area is 324 Å². The minimum Gasteiger partial charge on any atom is -0.309 e. The van der Waals surface area contributed by atoms with Crippen molar-refractivity contribution in [2.45, 2.75) is 0 Å². The molecule has 0 radical (unpaired) electrons. The van der Waals surface area contributed by atoms with E-state index in [4.69, 9.17) is 9.97 Å². The number of rotatable bonds is 6. The SMILES string of the molecule is c1ccc(-c2ccccc2-c2ccc(-c3ccnc(-n4c5ccccc5c5cc(-c6ccc7c(c6)c6ccccc6n7-c6ccccc6)ccc54)n3)cc2)cc1. The number of hydrogen-bond donors (Lipinski definition) is 0. The van der Waals surface area contributed by atoms with Crippen LogP contribution in [0.1, 0.15) is 0 Å². The molecule has 0 aliphatic heterocycles. The Morgan fingerprint density at radius 1 is 0.321 bits per heavy atom. The second kappa shape index (κ2) is 13.1. The molecule has 0 saturated heterocycles. The number of aromatic nitrogens is 4. The van der Waals surface area contributed by atoms with Crippen LogP contribution in [0.15, 0.2) is 206 Å². The van der Waals surface area contributed by atoms with Crippen molar-refractivity contribution in [1.29, 1.82) is 0 Å². The zero-order valence-electron chi connectivity index (χ0n) is 30.4. The molecule has 4 heteroatoms. The fraction of sp³-hybridized carbons (Fsp3) is 0. The van der Waals surface area contributed by atoms with Gasteiger partial charge in [-0.3, -0.25) is 4.57 Å². The van der Waals surface area contributed by atoms with Crippen LogP contribution in [-0.4, -0.2) is 19.1 Å². The Morgan fingerprint density at radius 3 is 1.43 bits per heavy atom. The summed E-state index contributed by atoms with van der Waals surface area (Å²) < 4.78 is 4.55. The number of benzene rings is 8. The predicted molar refractivity (Wildman–Crippen MR) is 232 cm³/mol. The van der Waals surface area contributed by atoms with Gasteiger partial charge in [0.05, 0.1) is 27.8 Å². The van der Waals surface area contributed by atoms with E-state index in [0.717, 1.165) is 28.0 Å². The molecule has 0 aliphatic carbocycles. The molecule has 262 valence electrons. The average molecular weight is 715 g/mol. The summed E-state index contributed by atoms with van der Waals surface area (Å²) in [5.41, 5.74) is 14.8. The lowest BCUT2D eigenvalue weighted by Crippen LogP contribution is -2.01. The van der Waals surface area contributed by atoms with Gasteiger partial charge in [-0.05, 0) is 88.0 Å². The molecule has 0 fully saturated rings. The van der Waals surface area contributed by atoms with Crippen molar-refractivity contribution in [3.05, 3.63) is 206 Å². The first-order chi connectivity index (χ1) is 27.8. The molecule has 0 N–H and O–H groups in total. The van der Waals surface area contributed by atoms with E-state index in [-0.39, 0.29) is 0 Å². The number of para-hydroxylation sites is 3. The van der Waals surface area contributed by atoms with Gasteiger partial charge in [-0.2, -0.15) is 0 Å². The molecular formula is C52H34N4. The molecule has 4 nitrogen and oxygen atoms in total. The summed E-state index contributed by atoms with van der Waals surface area (Å²) in [7, 11) is 0. The Morgan fingerprint density at radius 2 is 0.786 bits per heavy atom. The number of nitrogens with zero attached hydrogens (tertiary/aromatic N) is 4. The molecule has 0 aliphatic rings. The zero-order chi connectivity index (χ0) is 37.0. The average Bonchev–Trinajstić information content (AvgIpc) is 3.79. The fourth-order valence-electron chi connectivity index (χ4n) is 8.42. The van der Waals surface area contributed by atoms with Crippen LogP contribution < -0.4 is 0 Å². The molecule has 0 bridgehead atoms. The maximum absolute atomic E-state index is 5.17. The molecule has 3 heterocycles. The van der Waals surface area contributed by atoms with Crippen molar-refractivity contribution in [3.63, 3.8) is 0 Å². The van der Waals surface area contributed by atoms with E-state index in [1.165, 1.54) is 66.0 Å². The summed E-state index contributed by atoms with van der Waals surface area (Å²) in [6, 6.07) is 71.3. The van der Waals surface area contributed by atoms with E-state index >= 15 is 0 Å². The molecular weight excluding hydrogens is 681 g/mol. The van der Waals surface area contributed by atoms with Crippen LogP contribution in [0.4, 0.5) is 0 Å². The topological polar surface area (TPSA) is 35.6 Å². The van der Waals surface area contributed by atoms with Gasteiger partial charge in [0.15, 0.2) is 0 Å². The molecule has 0 atom stereocenters. The summed E-state index contributed by atoms with van der Waals surface area (Å²) in [5.74, 6) is 0.648. The van der Waals surface area contributed by atoms with Crippen LogP contribution in [0.2, 0.25) is 0 Å². The highest BCUT2D eigenvalue weighted by atomic mass is 15.2. The molecule has 0 spiro atoms. The fourth-order valence-corrected chi connectivity index (χ4v) is 8.42. The highest BCUT2D eigenvalue weighted by Crippen LogP contribution is 2.38. The van der Waals surface area contributed by atoms with Gasteiger partial charge in [0.25, 0.3) is 0 Å². The van der Waals surface area contributed by atoms with Gasteiger partial charge in [0, 0.05) is 39.0 Å². The van der Waals surface area contributed by atoms with E-state index in [1.54, 1.807) is 0 Å². The van der Waals surface area contributed by atoms with E-state index in [0.29, 0.717) is 5.95 Å². The van der Waals surface area contributed by atoms with Gasteiger partial charge in [0.2, 0.25) is 5.95 Å². The first-order valence-electron chi connectivity index (χ1n) is 19.0. The van der Waals surface area contributed by atoms with Crippen molar-refractivity contribution in [1.82, 2.24) is 19.1 Å². The van der Waals surface area contributed by atoms with Gasteiger partial charge < -0.3 is 4.57 Å². The summed E-state index contributed by atoms with van der Waals surface area (Å²) in [4.78, 5) is 10.0. The van der Waals surface area contributed by atoms with E-state index in [9.17, 15) is 0 Å². The first-order valence-corrected chi connectivity index (χ1v) is 19.0. The van der Waals surface area contributed by atoms with Crippen LogP contribution in [0.25, 0.3) is 99.9 Å². The predicted octanol–water partition coefficient (Wildman–Crippen LogP) is 13.3. The monoisotopic (exact) mass is 714 g/mol. The van der Waals surface area contributed by atoms with Gasteiger partial charge in [-0.15, -0.1) is 0 Å². The molecule has 3 aromatic heterocycles. The number of hydrogen-bond acceptors (Lipinski definition) is 2. The molecule has 0 unspecified atom stereocenters. The maximum atomic E-state index is 5.17. The van der Waals surface area contributed by atoms with Gasteiger partial charge >= 0.3 is 0 Å². The van der Waals surface area contributed by atoms with Gasteiger partial charge in [0.1, 0.15) is 0 Å². The van der Waals surface area contributed by atoms with Crippen molar-refractivity contribution < 1.29 is 0 Å². The first kappa shape index (κ1) is 31.9. The Bertz CT molecular complexity index is 3230. The second-order valence-electron chi connectivity index (χ2n) is 14.2. The number of fused-ring (bicyclic) bond motifs is 6. The van der Waals surface area contributed by atoms with Crippen molar-refractivity contribution in [2.75, 3.05) is 0 Å². The smallest absolute Gasteiger partial charge is 0.235 e. The summed E-state index contributed by atoms with van der Waals surface area (Å²) >= 11 is 0. The Hall–Kier alpha value is -7.56. The van der Waals surface area contributed by atoms with E-state index < -0.39 is 0 Å². The summed E-state index contributed by atoms with van der Waals surface area (Å²) in [6.45, 7) is 0. The lowest BCUT2D eigenvalue weighted by atomic mass is 9.94. The quantitative estimate of drug-likeness (QED) is 0.172. The van der Waals surface area contributed by atoms with Crippen LogP contribution in [0.5, 0.6) is 0 Å². The second-order valence-corrected chi connectivity index (χ2v) is 14.2. The van der Waals surface area contributed by atoms with Crippen molar-refractivity contribution >= 4 is 43.6 Å². The van der Waals surface area contributed by atoms with Crippen LogP contribution in [-0.2, 0) is 0 Å². The standard InChI is InChI=1S/C52H34N4/c1-3-13-35(14-4-1)41-17-7-8-18-42(41)36-23-25-37(26-24-36)47-31-32-53-52(54-47)56-49-22-12-10-20-44(49)46-34-39(28-30-51(46)56)38-27-29-50-45(33-38)43-19-9-11-21-48(43)55(50)40-15-5-2-6-16-40/h1-34H. The molecule has 0 amide bonds. The minimum absolute atomic E-state index is 0.648. The van der Waals surface area contributed by atoms with Crippen molar-refractivity contribution in [3.8, 4) is 56.3 Å². The Balaban J connectivity index is 0.985. The normalized spacial score (nSPS) is 11.6. The molecule has 11 aromatic rings. The highest BCUT2D eigenvalue weighted by Gasteiger charge is 2.17. The third kappa shape index (κ3) is 5.23. The van der Waals surface area contributed by atoms with E-state index in [1.807, 2.05) is 12.3 Å². The highest BCUT2D eigenvalue weighted by molar-refractivity contribution is 6.12. The molecule has 8 aromatic carbocycles. The third-order valence-corrected chi connectivity index (χ3v) is 11.0. The third-order valence-electron chi connectivity index (χ3n) is 11.0. The van der Waals surface area contributed by atoms with Crippen LogP contribution >= 0.6 is 0 Å². The van der Waals surface area contributed by atoms with Crippen LogP contribution in [0.3, 0.4) is 0 Å². The molecule has 56 heavy (non-hydrogen) atoms. The van der Waals surface area contributed by atoms with Crippen molar-refractivity contribution in [2.24, 2.45) is 0 Å². The Kier molecular flexibility index (Phi) is 7.46. The lowest BCUT2D eigenvalue weighted by Gasteiger charge is -2.11.